The average molecular weight is 362 g/mol. The van der Waals surface area contributed by atoms with E-state index in [0.717, 1.165) is 32.6 Å². The van der Waals surface area contributed by atoms with Crippen LogP contribution in [0.15, 0.2) is 30.3 Å². The molecule has 2 N–H and O–H groups in total. The summed E-state index contributed by atoms with van der Waals surface area (Å²) in [6.45, 7) is 9.45. The molecule has 1 atom stereocenters. The van der Waals surface area contributed by atoms with Crippen LogP contribution >= 0.6 is 24.8 Å². The predicted octanol–water partition coefficient (Wildman–Crippen LogP) is 2.94. The van der Waals surface area contributed by atoms with E-state index in [1.807, 2.05) is 31.7 Å². The molecule has 0 bridgehead atoms. The Hall–Kier alpha value is -0.970. The number of nitrogens with zero attached hydrogens (tertiary/aromatic N) is 2. The highest BCUT2D eigenvalue weighted by Crippen LogP contribution is 2.21. The first-order valence-electron chi connectivity index (χ1n) is 7.74. The lowest BCUT2D eigenvalue weighted by molar-refractivity contribution is -0.134. The molecule has 1 amide bonds. The molecule has 1 heterocycles. The maximum Gasteiger partial charge on any atom is 0.240 e. The number of para-hydroxylation sites is 1. The van der Waals surface area contributed by atoms with Crippen molar-refractivity contribution >= 4 is 36.4 Å². The van der Waals surface area contributed by atoms with Crippen molar-refractivity contribution < 1.29 is 4.79 Å². The summed E-state index contributed by atoms with van der Waals surface area (Å²) in [6.07, 6.45) is 0.984. The zero-order chi connectivity index (χ0) is 15.5. The standard InChI is InChI=1S/C17H27N3O.2ClH/c1-17(2,3)15(18)16(21)20-11-7-10-19(12-13-20)14-8-5-4-6-9-14;;/h4-6,8-9,15H,7,10-13,18H2,1-3H3;2*1H/t15-;;/m1../s1. The second kappa shape index (κ2) is 9.36. The molecule has 132 valence electrons. The van der Waals surface area contributed by atoms with Crippen LogP contribution < -0.4 is 10.6 Å². The molecule has 1 aromatic rings. The Morgan fingerprint density at radius 3 is 2.22 bits per heavy atom. The number of nitrogens with two attached hydrogens (primary N) is 1. The molecule has 6 heteroatoms. The van der Waals surface area contributed by atoms with Gasteiger partial charge in [0, 0.05) is 31.9 Å². The zero-order valence-electron chi connectivity index (χ0n) is 14.2. The molecule has 0 saturated carbocycles. The smallest absolute Gasteiger partial charge is 0.240 e. The van der Waals surface area contributed by atoms with E-state index in [1.165, 1.54) is 5.69 Å². The number of rotatable bonds is 2. The minimum Gasteiger partial charge on any atom is -0.370 e. The first-order chi connectivity index (χ1) is 9.89. The molecule has 0 spiro atoms. The van der Waals surface area contributed by atoms with Gasteiger partial charge in [0.15, 0.2) is 0 Å². The van der Waals surface area contributed by atoms with E-state index in [4.69, 9.17) is 5.73 Å². The van der Waals surface area contributed by atoms with Crippen LogP contribution in [-0.4, -0.2) is 43.0 Å². The van der Waals surface area contributed by atoms with Gasteiger partial charge in [-0.3, -0.25) is 4.79 Å². The summed E-state index contributed by atoms with van der Waals surface area (Å²) >= 11 is 0. The van der Waals surface area contributed by atoms with Crippen LogP contribution in [0.3, 0.4) is 0 Å². The minimum absolute atomic E-state index is 0. The zero-order valence-corrected chi connectivity index (χ0v) is 15.8. The third-order valence-corrected chi connectivity index (χ3v) is 4.13. The molecular formula is C17H29Cl2N3O. The van der Waals surface area contributed by atoms with Crippen molar-refractivity contribution in [3.63, 3.8) is 0 Å². The number of benzene rings is 1. The molecular weight excluding hydrogens is 333 g/mol. The number of carbonyl (C=O) groups is 1. The van der Waals surface area contributed by atoms with E-state index in [1.54, 1.807) is 0 Å². The van der Waals surface area contributed by atoms with Crippen LogP contribution in [0, 0.1) is 5.41 Å². The van der Waals surface area contributed by atoms with Crippen LogP contribution in [0.1, 0.15) is 27.2 Å². The Kier molecular flexibility index (Phi) is 8.96. The van der Waals surface area contributed by atoms with Crippen LogP contribution in [0.5, 0.6) is 0 Å². The van der Waals surface area contributed by atoms with Crippen molar-refractivity contribution in [2.75, 3.05) is 31.1 Å². The Labute approximate surface area is 152 Å². The third-order valence-electron chi connectivity index (χ3n) is 4.13. The van der Waals surface area contributed by atoms with Crippen molar-refractivity contribution in [1.82, 2.24) is 4.90 Å². The molecule has 0 radical (unpaired) electrons. The second-order valence-corrected chi connectivity index (χ2v) is 6.85. The lowest BCUT2D eigenvalue weighted by Gasteiger charge is -2.31. The number of amides is 1. The number of carbonyl (C=O) groups excluding carboxylic acids is 1. The molecule has 0 aromatic heterocycles. The summed E-state index contributed by atoms with van der Waals surface area (Å²) in [6, 6.07) is 9.95. The summed E-state index contributed by atoms with van der Waals surface area (Å²) in [4.78, 5) is 16.8. The van der Waals surface area contributed by atoms with Crippen molar-refractivity contribution in [3.05, 3.63) is 30.3 Å². The number of hydrogen-bond donors (Lipinski definition) is 1. The normalized spacial score (nSPS) is 16.7. The van der Waals surface area contributed by atoms with Crippen molar-refractivity contribution in [3.8, 4) is 0 Å². The lowest BCUT2D eigenvalue weighted by atomic mass is 9.86. The van der Waals surface area contributed by atoms with E-state index >= 15 is 0 Å². The summed E-state index contributed by atoms with van der Waals surface area (Å²) in [5.74, 6) is 0.0809. The first-order valence-corrected chi connectivity index (χ1v) is 7.74. The molecule has 23 heavy (non-hydrogen) atoms. The molecule has 1 aliphatic heterocycles. The fourth-order valence-corrected chi connectivity index (χ4v) is 2.60. The number of hydrogen-bond acceptors (Lipinski definition) is 3. The molecule has 4 nitrogen and oxygen atoms in total. The van der Waals surface area contributed by atoms with E-state index in [-0.39, 0.29) is 36.1 Å². The van der Waals surface area contributed by atoms with Gasteiger partial charge in [0.1, 0.15) is 0 Å². The van der Waals surface area contributed by atoms with Crippen LogP contribution in [-0.2, 0) is 4.79 Å². The first kappa shape index (κ1) is 22.0. The molecule has 0 unspecified atom stereocenters. The summed E-state index contributed by atoms with van der Waals surface area (Å²) < 4.78 is 0. The van der Waals surface area contributed by atoms with Crippen LogP contribution in [0.4, 0.5) is 5.69 Å². The van der Waals surface area contributed by atoms with Gasteiger partial charge >= 0.3 is 0 Å². The van der Waals surface area contributed by atoms with Gasteiger partial charge < -0.3 is 15.5 Å². The van der Waals surface area contributed by atoms with Gasteiger partial charge in [-0.15, -0.1) is 24.8 Å². The van der Waals surface area contributed by atoms with Gasteiger partial charge in [0.05, 0.1) is 6.04 Å². The lowest BCUT2D eigenvalue weighted by Crippen LogP contribution is -2.51. The topological polar surface area (TPSA) is 49.6 Å². The SMILES string of the molecule is CC(C)(C)[C@H](N)C(=O)N1CCCN(c2ccccc2)CC1.Cl.Cl. The van der Waals surface area contributed by atoms with E-state index in [9.17, 15) is 4.79 Å². The number of anilines is 1. The molecule has 1 aliphatic rings. The molecule has 1 fully saturated rings. The highest BCUT2D eigenvalue weighted by atomic mass is 35.5. The predicted molar refractivity (Wildman–Crippen MR) is 102 cm³/mol. The van der Waals surface area contributed by atoms with Crippen molar-refractivity contribution in [2.45, 2.75) is 33.2 Å². The highest BCUT2D eigenvalue weighted by Gasteiger charge is 2.31. The number of halogens is 2. The maximum atomic E-state index is 12.5. The quantitative estimate of drug-likeness (QED) is 0.880. The molecule has 1 saturated heterocycles. The van der Waals surface area contributed by atoms with Gasteiger partial charge in [0.25, 0.3) is 0 Å². The Morgan fingerprint density at radius 2 is 1.65 bits per heavy atom. The summed E-state index contributed by atoms with van der Waals surface area (Å²) in [7, 11) is 0. The van der Waals surface area contributed by atoms with Crippen LogP contribution in [0.2, 0.25) is 0 Å². The van der Waals surface area contributed by atoms with Gasteiger partial charge in [-0.05, 0) is 24.0 Å². The third kappa shape index (κ3) is 5.87. The average Bonchev–Trinajstić information content (AvgIpc) is 2.71. The Balaban J connectivity index is 0.00000242. The van der Waals surface area contributed by atoms with E-state index < -0.39 is 6.04 Å². The maximum absolute atomic E-state index is 12.5. The van der Waals surface area contributed by atoms with Crippen LogP contribution in [0.25, 0.3) is 0 Å². The monoisotopic (exact) mass is 361 g/mol. The fraction of sp³-hybridized carbons (Fsp3) is 0.588. The summed E-state index contributed by atoms with van der Waals surface area (Å²) in [5, 5.41) is 0. The van der Waals surface area contributed by atoms with Gasteiger partial charge in [-0.1, -0.05) is 39.0 Å². The molecule has 2 rings (SSSR count). The Morgan fingerprint density at radius 1 is 1.04 bits per heavy atom. The van der Waals surface area contributed by atoms with E-state index in [2.05, 4.69) is 29.2 Å². The van der Waals surface area contributed by atoms with Crippen molar-refractivity contribution in [1.29, 1.82) is 0 Å². The molecule has 0 aliphatic carbocycles. The largest absolute Gasteiger partial charge is 0.370 e. The molecule has 1 aromatic carbocycles. The Bertz CT molecular complexity index is 476. The fourth-order valence-electron chi connectivity index (χ4n) is 2.60. The second-order valence-electron chi connectivity index (χ2n) is 6.85. The van der Waals surface area contributed by atoms with E-state index in [0.29, 0.717) is 0 Å². The van der Waals surface area contributed by atoms with Crippen molar-refractivity contribution in [2.24, 2.45) is 11.1 Å². The highest BCUT2D eigenvalue weighted by molar-refractivity contribution is 5.85. The van der Waals surface area contributed by atoms with Gasteiger partial charge in [0.2, 0.25) is 5.91 Å². The van der Waals surface area contributed by atoms with Gasteiger partial charge in [-0.25, -0.2) is 0 Å². The summed E-state index contributed by atoms with van der Waals surface area (Å²) in [5.41, 5.74) is 7.15. The van der Waals surface area contributed by atoms with Gasteiger partial charge in [-0.2, -0.15) is 0 Å². The minimum atomic E-state index is -0.430.